The Morgan fingerprint density at radius 1 is 1.23 bits per heavy atom. The van der Waals surface area contributed by atoms with E-state index in [1.54, 1.807) is 12.1 Å². The van der Waals surface area contributed by atoms with Crippen molar-refractivity contribution in [2.75, 3.05) is 6.54 Å². The fourth-order valence-corrected chi connectivity index (χ4v) is 1.46. The van der Waals surface area contributed by atoms with Crippen LogP contribution in [0.3, 0.4) is 0 Å². The van der Waals surface area contributed by atoms with Crippen molar-refractivity contribution in [2.45, 2.75) is 39.0 Å². The average molecular weight is 337 g/mol. The van der Waals surface area contributed by atoms with Crippen LogP contribution in [0.1, 0.15) is 38.0 Å². The zero-order valence-corrected chi connectivity index (χ0v) is 13.5. The molecular weight excluding hydrogens is 314 g/mol. The first-order chi connectivity index (χ1) is 9.83. The van der Waals surface area contributed by atoms with E-state index in [-0.39, 0.29) is 17.9 Å². The van der Waals surface area contributed by atoms with E-state index in [0.29, 0.717) is 17.7 Å². The summed E-state index contributed by atoms with van der Waals surface area (Å²) in [6.07, 6.45) is -0.653. The molecule has 128 valence electrons. The van der Waals surface area contributed by atoms with E-state index in [0.717, 1.165) is 0 Å². The maximum absolute atomic E-state index is 9.97. The number of nitrogens with one attached hydrogen (secondary N) is 1. The predicted octanol–water partition coefficient (Wildman–Crippen LogP) is 0.653. The van der Waals surface area contributed by atoms with Gasteiger partial charge >= 0.3 is 10.4 Å². The quantitative estimate of drug-likeness (QED) is 0.439. The third kappa shape index (κ3) is 10.5. The largest absolute Gasteiger partial charge is 0.508 e. The van der Waals surface area contributed by atoms with E-state index in [9.17, 15) is 10.2 Å². The zero-order chi connectivity index (χ0) is 17.6. The molecule has 0 aliphatic rings. The van der Waals surface area contributed by atoms with Crippen LogP contribution in [-0.2, 0) is 17.0 Å². The van der Waals surface area contributed by atoms with Gasteiger partial charge in [0.15, 0.2) is 0 Å². The van der Waals surface area contributed by atoms with Crippen molar-refractivity contribution in [2.24, 2.45) is 0 Å². The van der Waals surface area contributed by atoms with Crippen LogP contribution in [0, 0.1) is 0 Å². The van der Waals surface area contributed by atoms with Gasteiger partial charge in [-0.2, -0.15) is 8.42 Å². The van der Waals surface area contributed by atoms with Crippen molar-refractivity contribution in [1.82, 2.24) is 5.32 Å². The lowest BCUT2D eigenvalue weighted by Crippen LogP contribution is -2.38. The number of hydrogen-bond acceptors (Lipinski definition) is 6. The van der Waals surface area contributed by atoms with Crippen LogP contribution in [0.4, 0.5) is 0 Å². The fraction of sp³-hybridized carbons (Fsp3) is 0.538. The fourth-order valence-electron chi connectivity index (χ4n) is 1.46. The van der Waals surface area contributed by atoms with Crippen LogP contribution in [0.15, 0.2) is 18.2 Å². The Morgan fingerprint density at radius 2 is 1.73 bits per heavy atom. The molecule has 0 spiro atoms. The molecule has 1 atom stereocenters. The van der Waals surface area contributed by atoms with Crippen molar-refractivity contribution in [1.29, 1.82) is 0 Å². The monoisotopic (exact) mass is 337 g/mol. The third-order valence-electron chi connectivity index (χ3n) is 2.48. The minimum atomic E-state index is -4.67. The highest BCUT2D eigenvalue weighted by Gasteiger charge is 2.14. The summed E-state index contributed by atoms with van der Waals surface area (Å²) in [5.74, 6) is 0.0484. The Morgan fingerprint density at radius 3 is 2.14 bits per heavy atom. The lowest BCUT2D eigenvalue weighted by atomic mass is 10.0. The molecule has 0 aliphatic heterocycles. The Kier molecular flexibility index (Phi) is 7.94. The van der Waals surface area contributed by atoms with Gasteiger partial charge in [0.25, 0.3) is 0 Å². The molecule has 0 unspecified atom stereocenters. The number of hydrogen-bond donors (Lipinski definition) is 6. The second-order valence-electron chi connectivity index (χ2n) is 5.64. The van der Waals surface area contributed by atoms with Gasteiger partial charge in [-0.25, -0.2) is 0 Å². The molecule has 8 nitrogen and oxygen atoms in total. The number of aromatic hydroxyl groups is 1. The summed E-state index contributed by atoms with van der Waals surface area (Å²) in [6.45, 7) is 6.26. The Bertz CT molecular complexity index is 558. The summed E-state index contributed by atoms with van der Waals surface area (Å²) in [5.41, 5.74) is 1.05. The Labute approximate surface area is 130 Å². The summed E-state index contributed by atoms with van der Waals surface area (Å²) in [6, 6.07) is 4.76. The highest BCUT2D eigenvalue weighted by Crippen LogP contribution is 2.22. The molecule has 0 saturated heterocycles. The van der Waals surface area contributed by atoms with Crippen molar-refractivity contribution >= 4 is 10.4 Å². The molecule has 0 heterocycles. The van der Waals surface area contributed by atoms with Gasteiger partial charge in [0.2, 0.25) is 0 Å². The highest BCUT2D eigenvalue weighted by atomic mass is 32.3. The number of rotatable bonds is 4. The molecular formula is C13H23NO7S. The lowest BCUT2D eigenvalue weighted by Gasteiger charge is -2.23. The van der Waals surface area contributed by atoms with Gasteiger partial charge in [0, 0.05) is 17.6 Å². The first kappa shape index (κ1) is 20.8. The zero-order valence-electron chi connectivity index (χ0n) is 12.7. The predicted molar refractivity (Wildman–Crippen MR) is 80.9 cm³/mol. The molecule has 0 aromatic heterocycles. The van der Waals surface area contributed by atoms with Crippen molar-refractivity contribution in [3.05, 3.63) is 29.3 Å². The smallest absolute Gasteiger partial charge is 0.394 e. The van der Waals surface area contributed by atoms with E-state index >= 15 is 0 Å². The maximum atomic E-state index is 9.97. The maximum Gasteiger partial charge on any atom is 0.394 e. The van der Waals surface area contributed by atoms with Crippen molar-refractivity contribution in [3.63, 3.8) is 0 Å². The number of β-amino-alcohol motifs (C(OH)–C–C–N with tert-alkyl or cyclic N) is 1. The van der Waals surface area contributed by atoms with Gasteiger partial charge in [-0.15, -0.1) is 0 Å². The Hall–Kier alpha value is -1.23. The van der Waals surface area contributed by atoms with Gasteiger partial charge in [-0.1, -0.05) is 6.07 Å². The summed E-state index contributed by atoms with van der Waals surface area (Å²) < 4.78 is 31.6. The van der Waals surface area contributed by atoms with Crippen LogP contribution in [0.5, 0.6) is 5.75 Å². The summed E-state index contributed by atoms with van der Waals surface area (Å²) in [7, 11) is -4.67. The van der Waals surface area contributed by atoms with E-state index in [4.69, 9.17) is 22.6 Å². The molecule has 22 heavy (non-hydrogen) atoms. The normalized spacial score (nSPS) is 13.2. The highest BCUT2D eigenvalue weighted by molar-refractivity contribution is 7.79. The van der Waals surface area contributed by atoms with Crippen LogP contribution >= 0.6 is 0 Å². The first-order valence-corrected chi connectivity index (χ1v) is 7.79. The summed E-state index contributed by atoms with van der Waals surface area (Å²) in [4.78, 5) is 0. The van der Waals surface area contributed by atoms with Gasteiger partial charge in [0.05, 0.1) is 12.7 Å². The molecule has 0 bridgehead atoms. The molecule has 0 fully saturated rings. The third-order valence-corrected chi connectivity index (χ3v) is 2.48. The SMILES string of the molecule is CC(C)(C)NC[C@@H](O)c1ccc(O)c(CO)c1.O=S(=O)(O)O. The van der Waals surface area contributed by atoms with Crippen LogP contribution in [0.2, 0.25) is 0 Å². The molecule has 0 saturated carbocycles. The van der Waals surface area contributed by atoms with Crippen LogP contribution in [0.25, 0.3) is 0 Å². The van der Waals surface area contributed by atoms with E-state index in [2.05, 4.69) is 5.32 Å². The van der Waals surface area contributed by atoms with Crippen LogP contribution < -0.4 is 5.32 Å². The number of benzene rings is 1. The van der Waals surface area contributed by atoms with Crippen molar-refractivity contribution in [3.8, 4) is 5.75 Å². The van der Waals surface area contributed by atoms with Gasteiger partial charge in [-0.3, -0.25) is 9.11 Å². The molecule has 9 heteroatoms. The molecule has 0 aliphatic carbocycles. The average Bonchev–Trinajstić information content (AvgIpc) is 2.33. The number of phenols is 1. The lowest BCUT2D eigenvalue weighted by molar-refractivity contribution is 0.163. The van der Waals surface area contributed by atoms with E-state index in [1.165, 1.54) is 6.07 Å². The summed E-state index contributed by atoms with van der Waals surface area (Å²) >= 11 is 0. The topological polar surface area (TPSA) is 147 Å². The minimum absolute atomic E-state index is 0.0484. The summed E-state index contributed by atoms with van der Waals surface area (Å²) in [5, 5.41) is 31.6. The Balaban J connectivity index is 0.000000763. The van der Waals surface area contributed by atoms with Gasteiger partial charge in [0.1, 0.15) is 5.75 Å². The van der Waals surface area contributed by atoms with Crippen molar-refractivity contribution < 1.29 is 32.8 Å². The minimum Gasteiger partial charge on any atom is -0.508 e. The van der Waals surface area contributed by atoms with E-state index < -0.39 is 16.5 Å². The van der Waals surface area contributed by atoms with E-state index in [1.807, 2.05) is 20.8 Å². The second-order valence-corrected chi connectivity index (χ2v) is 6.54. The first-order valence-electron chi connectivity index (χ1n) is 6.39. The van der Waals surface area contributed by atoms with Crippen LogP contribution in [-0.4, -0.2) is 44.9 Å². The number of aliphatic hydroxyl groups excluding tert-OH is 2. The standard InChI is InChI=1S/C13H21NO3.H2O4S/c1-13(2,3)14-7-12(17)9-4-5-11(16)10(6-9)8-15;1-5(2,3)4/h4-6,12,14-17H,7-8H2,1-3H3;(H2,1,2,3,4)/t12-;/m1./s1. The van der Waals surface area contributed by atoms with Gasteiger partial charge in [-0.05, 0) is 38.5 Å². The van der Waals surface area contributed by atoms with Gasteiger partial charge < -0.3 is 20.6 Å². The molecule has 6 N–H and O–H groups in total. The molecule has 0 amide bonds. The molecule has 0 radical (unpaired) electrons. The second kappa shape index (κ2) is 8.42. The molecule has 1 aromatic rings. The number of aliphatic hydroxyl groups is 2. The molecule has 1 rings (SSSR count). The molecule has 1 aromatic carbocycles.